The third-order valence-electron chi connectivity index (χ3n) is 0. The smallest absolute Gasteiger partial charge is 0 e. The first kappa shape index (κ1) is 44.6. The number of hydrogen-bond donors (Lipinski definition) is 1. The Bertz CT molecular complexity index is 8.00. The molecule has 4 heavy (non-hydrogen) atoms. The van der Waals surface area contributed by atoms with Crippen LogP contribution in [-0.2, 0) is 54.6 Å². The molecule has 0 aromatic rings. The van der Waals surface area contributed by atoms with Crippen molar-refractivity contribution >= 4 is 0 Å². The van der Waals surface area contributed by atoms with E-state index in [4.69, 9.17) is 0 Å². The molecule has 0 saturated carbocycles. The molecule has 0 amide bonds. The van der Waals surface area contributed by atoms with Gasteiger partial charge in [-0.25, -0.2) is 0 Å². The van der Waals surface area contributed by atoms with Gasteiger partial charge in [-0.2, -0.15) is 0 Å². The molecule has 0 spiro atoms. The summed E-state index contributed by atoms with van der Waals surface area (Å²) in [7, 11) is 0. The van der Waals surface area contributed by atoms with Crippen LogP contribution in [0.1, 0.15) is 0 Å². The van der Waals surface area contributed by atoms with Gasteiger partial charge in [0.1, 0.15) is 0 Å². The second kappa shape index (κ2) is 22.6. The quantitative estimate of drug-likeness (QED) is 0.588. The van der Waals surface area contributed by atoms with E-state index < -0.39 is 0 Å². The zero-order valence-corrected chi connectivity index (χ0v) is 5.88. The summed E-state index contributed by atoms with van der Waals surface area (Å²) in [6, 6.07) is 0. The normalized spacial score (nSPS) is 0. The molecule has 0 aliphatic heterocycles. The maximum atomic E-state index is 0. The van der Waals surface area contributed by atoms with E-state index in [2.05, 4.69) is 0 Å². The average molecular weight is 228 g/mol. The first-order chi connectivity index (χ1) is 0. The second-order valence-corrected chi connectivity index (χ2v) is 0. The van der Waals surface area contributed by atoms with Gasteiger partial charge in [0.15, 0.2) is 0 Å². The van der Waals surface area contributed by atoms with Crippen LogP contribution >= 0.6 is 0 Å². The van der Waals surface area contributed by atoms with E-state index in [-0.39, 0.29) is 60.8 Å². The molecule has 0 unspecified atom stereocenters. The van der Waals surface area contributed by atoms with E-state index >= 15 is 0 Å². The fraction of sp³-hybridized carbons (Fsp3) is 0. The van der Waals surface area contributed by atoms with Crippen LogP contribution in [0.25, 0.3) is 0 Å². The fourth-order valence-corrected chi connectivity index (χ4v) is 0. The zero-order valence-electron chi connectivity index (χ0n) is 1.79. The molecule has 1 nitrogen and oxygen atoms in total. The van der Waals surface area contributed by atoms with Crippen LogP contribution in [0.15, 0.2) is 0 Å². The Labute approximate surface area is 60.5 Å². The van der Waals surface area contributed by atoms with Gasteiger partial charge >= 0.3 is 0 Å². The van der Waals surface area contributed by atoms with Crippen molar-refractivity contribution in [3.05, 3.63) is 0 Å². The summed E-state index contributed by atoms with van der Waals surface area (Å²) in [5.41, 5.74) is 0. The average Bonchev–Trinajstić information content (AvgIpc) is 0. The summed E-state index contributed by atoms with van der Waals surface area (Å²) in [6.45, 7) is 0. The summed E-state index contributed by atoms with van der Waals surface area (Å²) in [5.74, 6) is 0. The Morgan fingerprint density at radius 1 is 1.00 bits per heavy atom. The van der Waals surface area contributed by atoms with Crippen molar-refractivity contribution in [2.24, 2.45) is 0 Å². The molecule has 0 bridgehead atoms. The summed E-state index contributed by atoms with van der Waals surface area (Å²) < 4.78 is 0. The van der Waals surface area contributed by atoms with Crippen molar-refractivity contribution in [2.45, 2.75) is 0 Å². The van der Waals surface area contributed by atoms with E-state index in [0.29, 0.717) is 0 Å². The predicted octanol–water partition coefficient (Wildman–Crippen LogP) is 0.154. The van der Waals surface area contributed by atoms with Crippen LogP contribution < -0.4 is 6.15 Å². The molecule has 0 aliphatic carbocycles. The van der Waals surface area contributed by atoms with Gasteiger partial charge in [0.25, 0.3) is 0 Å². The first-order valence-electron chi connectivity index (χ1n) is 0. The molecule has 0 aromatic heterocycles. The number of hydrogen-bond acceptors (Lipinski definition) is 1. The monoisotopic (exact) mass is 229 g/mol. The van der Waals surface area contributed by atoms with Crippen LogP contribution in [-0.4, -0.2) is 0 Å². The minimum absolute atomic E-state index is 0. The van der Waals surface area contributed by atoms with Crippen LogP contribution in [0.3, 0.4) is 0 Å². The maximum Gasteiger partial charge on any atom is 0 e. The van der Waals surface area contributed by atoms with Crippen molar-refractivity contribution in [1.29, 1.82) is 0 Å². The van der Waals surface area contributed by atoms with Crippen LogP contribution in [0, 0.1) is 0 Å². The maximum absolute atomic E-state index is 0. The molecule has 0 radical (unpaired) electrons. The molecule has 0 fully saturated rings. The van der Waals surface area contributed by atoms with E-state index in [0.717, 1.165) is 0 Å². The summed E-state index contributed by atoms with van der Waals surface area (Å²) in [6.07, 6.45) is 0. The summed E-state index contributed by atoms with van der Waals surface area (Å²) >= 11 is 0. The minimum Gasteiger partial charge on any atom is -0.344 e. The van der Waals surface area contributed by atoms with Gasteiger partial charge in [0.05, 0.1) is 0 Å². The molecular formula is H3FeMoNNi. The standard InChI is InChI=1S/Fe.Mo.H3N.Ni/h;;1H3;. The van der Waals surface area contributed by atoms with Crippen LogP contribution in [0.4, 0.5) is 0 Å². The Balaban J connectivity index is 0. The second-order valence-electron chi connectivity index (χ2n) is 0. The van der Waals surface area contributed by atoms with E-state index in [1.54, 1.807) is 0 Å². The molecule has 0 aliphatic rings. The molecule has 0 atom stereocenters. The summed E-state index contributed by atoms with van der Waals surface area (Å²) in [5, 5.41) is 0. The topological polar surface area (TPSA) is 35.0 Å². The molecule has 0 saturated heterocycles. The SMILES string of the molecule is N.[Fe].[Mo].[Ni]. The van der Waals surface area contributed by atoms with Gasteiger partial charge in [0, 0.05) is 54.6 Å². The Kier molecular flexibility index (Phi) is 252. The van der Waals surface area contributed by atoms with E-state index in [1.807, 2.05) is 0 Å². The van der Waals surface area contributed by atoms with Crippen molar-refractivity contribution < 1.29 is 54.6 Å². The Morgan fingerprint density at radius 2 is 1.00 bits per heavy atom. The van der Waals surface area contributed by atoms with Gasteiger partial charge in [-0.15, -0.1) is 0 Å². The molecule has 0 rings (SSSR count). The largest absolute Gasteiger partial charge is 0.344 e. The third-order valence-corrected chi connectivity index (χ3v) is 0. The molecule has 4 heteroatoms. The van der Waals surface area contributed by atoms with E-state index in [9.17, 15) is 0 Å². The first-order valence-corrected chi connectivity index (χ1v) is 0. The predicted molar refractivity (Wildman–Crippen MR) is 5.02 cm³/mol. The third kappa shape index (κ3) is 9.40. The van der Waals surface area contributed by atoms with Crippen molar-refractivity contribution in [1.82, 2.24) is 6.15 Å². The zero-order chi connectivity index (χ0) is 0. The molecule has 32 valence electrons. The minimum atomic E-state index is 0. The molecule has 3 N–H and O–H groups in total. The van der Waals surface area contributed by atoms with Gasteiger partial charge < -0.3 is 6.15 Å². The van der Waals surface area contributed by atoms with Gasteiger partial charge in [-0.05, 0) is 0 Å². The van der Waals surface area contributed by atoms with Crippen LogP contribution in [0.2, 0.25) is 0 Å². The molecule has 0 aromatic carbocycles. The molecule has 0 heterocycles. The summed E-state index contributed by atoms with van der Waals surface area (Å²) in [4.78, 5) is 0. The van der Waals surface area contributed by atoms with Gasteiger partial charge in [-0.1, -0.05) is 0 Å². The molecular weight excluding hydrogens is 224 g/mol. The van der Waals surface area contributed by atoms with Crippen molar-refractivity contribution in [2.75, 3.05) is 0 Å². The van der Waals surface area contributed by atoms with Crippen molar-refractivity contribution in [3.8, 4) is 0 Å². The Morgan fingerprint density at radius 3 is 1.00 bits per heavy atom. The van der Waals surface area contributed by atoms with Gasteiger partial charge in [-0.3, -0.25) is 0 Å². The Hall–Kier alpha value is 1.66. The van der Waals surface area contributed by atoms with Crippen LogP contribution in [0.5, 0.6) is 0 Å². The fourth-order valence-electron chi connectivity index (χ4n) is 0. The number of rotatable bonds is 0. The van der Waals surface area contributed by atoms with Crippen molar-refractivity contribution in [3.63, 3.8) is 0 Å². The van der Waals surface area contributed by atoms with E-state index in [1.165, 1.54) is 0 Å². The van der Waals surface area contributed by atoms with Gasteiger partial charge in [0.2, 0.25) is 0 Å².